The van der Waals surface area contributed by atoms with Gasteiger partial charge >= 0.3 is 0 Å². The lowest BCUT2D eigenvalue weighted by atomic mass is 10.0. The molecular formula is C23H25N5O4. The van der Waals surface area contributed by atoms with Crippen molar-refractivity contribution in [3.63, 3.8) is 0 Å². The van der Waals surface area contributed by atoms with E-state index >= 15 is 0 Å². The Morgan fingerprint density at radius 2 is 2.22 bits per heavy atom. The molecule has 9 heteroatoms. The summed E-state index contributed by atoms with van der Waals surface area (Å²) in [7, 11) is 0. The van der Waals surface area contributed by atoms with Crippen molar-refractivity contribution in [2.45, 2.75) is 44.2 Å². The van der Waals surface area contributed by atoms with Crippen molar-refractivity contribution in [1.82, 2.24) is 10.3 Å². The molecule has 32 heavy (non-hydrogen) atoms. The maximum absolute atomic E-state index is 11.5. The molecule has 3 atom stereocenters. The van der Waals surface area contributed by atoms with Crippen LogP contribution < -0.4 is 20.3 Å². The second-order valence-electron chi connectivity index (χ2n) is 8.35. The zero-order chi connectivity index (χ0) is 22.1. The van der Waals surface area contributed by atoms with E-state index in [1.165, 1.54) is 11.1 Å². The number of pyridine rings is 1. The third-order valence-electron chi connectivity index (χ3n) is 6.18. The molecule has 9 nitrogen and oxygen atoms in total. The number of hydrogen-bond acceptors (Lipinski definition) is 8. The Labute approximate surface area is 186 Å². The molecule has 0 radical (unpaired) electrons. The Bertz CT molecular complexity index is 1070. The number of benzene rings is 1. The van der Waals surface area contributed by atoms with Crippen LogP contribution in [0.4, 0.5) is 11.6 Å². The number of nitrogens with one attached hydrogen (secondary N) is 2. The molecule has 1 aromatic heterocycles. The van der Waals surface area contributed by atoms with E-state index in [9.17, 15) is 15.2 Å². The summed E-state index contributed by atoms with van der Waals surface area (Å²) in [5, 5.41) is 25.9. The van der Waals surface area contributed by atoms with Gasteiger partial charge in [-0.3, -0.25) is 4.79 Å². The fourth-order valence-electron chi connectivity index (χ4n) is 4.61. The number of amides is 1. The van der Waals surface area contributed by atoms with E-state index in [0.29, 0.717) is 30.0 Å². The van der Waals surface area contributed by atoms with Crippen LogP contribution in [0.5, 0.6) is 5.75 Å². The number of hydrogen-bond donors (Lipinski definition) is 3. The minimum atomic E-state index is -1.08. The molecule has 166 valence electrons. The van der Waals surface area contributed by atoms with Crippen LogP contribution in [0.15, 0.2) is 30.3 Å². The van der Waals surface area contributed by atoms with Gasteiger partial charge in [-0.2, -0.15) is 5.26 Å². The predicted octanol–water partition coefficient (Wildman–Crippen LogP) is 1.30. The molecule has 3 heterocycles. The normalized spacial score (nSPS) is 23.8. The highest BCUT2D eigenvalue weighted by atomic mass is 16.6. The zero-order valence-corrected chi connectivity index (χ0v) is 17.6. The van der Waals surface area contributed by atoms with Crippen molar-refractivity contribution in [2.75, 3.05) is 29.9 Å². The standard InChI is InChI=1S/C23H25N5O4/c24-11-15-4-1-3-14-9-16(10-18(14)15)25-8-2-5-17-12-28(23(30)32-17)20-7-6-19-22(26-20)27-21(29)13-31-19/h1,3-4,6-7,16-17,23,25,30H,2,5,8-10,12-13H2,(H,26,27,29). The van der Waals surface area contributed by atoms with Gasteiger partial charge in [0.15, 0.2) is 18.2 Å². The average molecular weight is 435 g/mol. The number of carbonyl (C=O) groups is 1. The fraction of sp³-hybridized carbons (Fsp3) is 0.435. The van der Waals surface area contributed by atoms with Gasteiger partial charge in [0.1, 0.15) is 5.82 Å². The predicted molar refractivity (Wildman–Crippen MR) is 116 cm³/mol. The van der Waals surface area contributed by atoms with E-state index in [1.807, 2.05) is 12.1 Å². The monoisotopic (exact) mass is 435 g/mol. The maximum Gasteiger partial charge on any atom is 0.263 e. The highest BCUT2D eigenvalue weighted by molar-refractivity contribution is 5.94. The van der Waals surface area contributed by atoms with Gasteiger partial charge in [-0.1, -0.05) is 12.1 Å². The van der Waals surface area contributed by atoms with Crippen molar-refractivity contribution >= 4 is 17.5 Å². The Morgan fingerprint density at radius 1 is 1.31 bits per heavy atom. The summed E-state index contributed by atoms with van der Waals surface area (Å²) in [6.45, 7) is 1.34. The van der Waals surface area contributed by atoms with Crippen molar-refractivity contribution in [3.8, 4) is 11.8 Å². The lowest BCUT2D eigenvalue weighted by molar-refractivity contribution is -0.118. The van der Waals surface area contributed by atoms with Gasteiger partial charge in [0.05, 0.1) is 24.3 Å². The topological polar surface area (TPSA) is 120 Å². The van der Waals surface area contributed by atoms with Crippen LogP contribution in [0.2, 0.25) is 0 Å². The summed E-state index contributed by atoms with van der Waals surface area (Å²) < 4.78 is 11.0. The van der Waals surface area contributed by atoms with Crippen molar-refractivity contribution < 1.29 is 19.4 Å². The molecule has 3 unspecified atom stereocenters. The smallest absolute Gasteiger partial charge is 0.263 e. The minimum absolute atomic E-state index is 0.0218. The Morgan fingerprint density at radius 3 is 3.09 bits per heavy atom. The quantitative estimate of drug-likeness (QED) is 0.581. The lowest BCUT2D eigenvalue weighted by Gasteiger charge is -2.22. The minimum Gasteiger partial charge on any atom is -0.480 e. The number of carbonyl (C=O) groups excluding carboxylic acids is 1. The molecule has 5 rings (SSSR count). The molecule has 1 fully saturated rings. The van der Waals surface area contributed by atoms with E-state index in [-0.39, 0.29) is 18.6 Å². The Hall–Kier alpha value is -3.19. The lowest BCUT2D eigenvalue weighted by Crippen LogP contribution is -2.32. The molecule has 0 spiro atoms. The molecule has 1 amide bonds. The van der Waals surface area contributed by atoms with Crippen LogP contribution in [0.3, 0.4) is 0 Å². The molecule has 1 aliphatic carbocycles. The van der Waals surface area contributed by atoms with Crippen LogP contribution in [0, 0.1) is 11.3 Å². The van der Waals surface area contributed by atoms with Gasteiger partial charge in [-0.15, -0.1) is 0 Å². The van der Waals surface area contributed by atoms with Crippen LogP contribution in [0.1, 0.15) is 29.5 Å². The molecule has 1 saturated heterocycles. The summed E-state index contributed by atoms with van der Waals surface area (Å²) >= 11 is 0. The summed E-state index contributed by atoms with van der Waals surface area (Å²) in [6, 6.07) is 12.1. The summed E-state index contributed by atoms with van der Waals surface area (Å²) in [5.74, 6) is 1.15. The number of anilines is 2. The number of fused-ring (bicyclic) bond motifs is 2. The third kappa shape index (κ3) is 4.12. The van der Waals surface area contributed by atoms with Crippen LogP contribution in [-0.2, 0) is 22.4 Å². The summed E-state index contributed by atoms with van der Waals surface area (Å²) in [5.41, 5.74) is 3.21. The van der Waals surface area contributed by atoms with E-state index in [2.05, 4.69) is 27.8 Å². The average Bonchev–Trinajstić information content (AvgIpc) is 3.38. The van der Waals surface area contributed by atoms with Gasteiger partial charge < -0.3 is 30.1 Å². The first kappa shape index (κ1) is 20.7. The van der Waals surface area contributed by atoms with E-state index in [4.69, 9.17) is 9.47 Å². The first-order valence-electron chi connectivity index (χ1n) is 10.9. The van der Waals surface area contributed by atoms with Gasteiger partial charge in [-0.05, 0) is 61.6 Å². The Balaban J connectivity index is 1.10. The number of aromatic nitrogens is 1. The second-order valence-corrected chi connectivity index (χ2v) is 8.35. The van der Waals surface area contributed by atoms with Crippen molar-refractivity contribution in [3.05, 3.63) is 47.0 Å². The van der Waals surface area contributed by atoms with Gasteiger partial charge in [0.25, 0.3) is 5.91 Å². The van der Waals surface area contributed by atoms with E-state index in [0.717, 1.165) is 37.8 Å². The number of aliphatic hydroxyl groups excluding tert-OH is 1. The number of nitriles is 1. The Kier molecular flexibility index (Phi) is 5.66. The van der Waals surface area contributed by atoms with Gasteiger partial charge in [0.2, 0.25) is 6.41 Å². The van der Waals surface area contributed by atoms with E-state index < -0.39 is 6.41 Å². The van der Waals surface area contributed by atoms with Crippen molar-refractivity contribution in [1.29, 1.82) is 5.26 Å². The number of nitrogens with zero attached hydrogens (tertiary/aromatic N) is 3. The van der Waals surface area contributed by atoms with Crippen LogP contribution in [-0.4, -0.2) is 54.3 Å². The zero-order valence-electron chi connectivity index (χ0n) is 17.6. The largest absolute Gasteiger partial charge is 0.480 e. The van der Waals surface area contributed by atoms with Gasteiger partial charge in [-0.25, -0.2) is 4.98 Å². The van der Waals surface area contributed by atoms with Crippen molar-refractivity contribution in [2.24, 2.45) is 0 Å². The van der Waals surface area contributed by atoms with Gasteiger partial charge in [0, 0.05) is 6.04 Å². The fourth-order valence-corrected chi connectivity index (χ4v) is 4.61. The molecule has 2 aromatic rings. The second kappa shape index (κ2) is 8.74. The van der Waals surface area contributed by atoms with Crippen LogP contribution in [0.25, 0.3) is 0 Å². The summed E-state index contributed by atoms with van der Waals surface area (Å²) in [4.78, 5) is 17.6. The molecule has 0 saturated carbocycles. The molecule has 3 aliphatic rings. The first-order chi connectivity index (χ1) is 15.6. The molecule has 2 aliphatic heterocycles. The summed E-state index contributed by atoms with van der Waals surface area (Å²) in [6.07, 6.45) is 2.35. The molecule has 0 bridgehead atoms. The highest BCUT2D eigenvalue weighted by Crippen LogP contribution is 2.31. The van der Waals surface area contributed by atoms with Crippen LogP contribution >= 0.6 is 0 Å². The number of ether oxygens (including phenoxy) is 2. The third-order valence-corrected chi connectivity index (χ3v) is 6.18. The number of rotatable bonds is 6. The van der Waals surface area contributed by atoms with E-state index in [1.54, 1.807) is 17.0 Å². The highest BCUT2D eigenvalue weighted by Gasteiger charge is 2.33. The number of aliphatic hydroxyl groups is 1. The molecule has 1 aromatic carbocycles. The SMILES string of the molecule is N#Cc1cccc2c1CC(NCCCC1CN(c3ccc4c(n3)NC(=O)CO4)C(O)O1)C2. The molecular weight excluding hydrogens is 410 g/mol. The first-order valence-corrected chi connectivity index (χ1v) is 10.9. The molecule has 3 N–H and O–H groups in total. The maximum atomic E-state index is 11.5.